The molecule has 4 nitrogen and oxygen atoms in total. The molecule has 0 aliphatic carbocycles. The number of halogens is 3. The molecule has 0 fully saturated rings. The first kappa shape index (κ1) is 19.3. The summed E-state index contributed by atoms with van der Waals surface area (Å²) in [4.78, 5) is 5.71. The van der Waals surface area contributed by atoms with Crippen molar-refractivity contribution in [3.63, 3.8) is 0 Å². The van der Waals surface area contributed by atoms with Gasteiger partial charge in [0, 0.05) is 37.0 Å². The van der Waals surface area contributed by atoms with Crippen LogP contribution in [0, 0.1) is 0 Å². The van der Waals surface area contributed by atoms with Crippen LogP contribution in [0.2, 0.25) is 0 Å². The van der Waals surface area contributed by atoms with Crippen molar-refractivity contribution in [1.29, 1.82) is 0 Å². The molecule has 2 aliphatic rings. The van der Waals surface area contributed by atoms with Gasteiger partial charge in [0.05, 0.1) is 6.04 Å². The van der Waals surface area contributed by atoms with Crippen LogP contribution in [0.3, 0.4) is 0 Å². The molecule has 0 radical (unpaired) electrons. The van der Waals surface area contributed by atoms with Crippen LogP contribution < -0.4 is 11.1 Å². The van der Waals surface area contributed by atoms with Gasteiger partial charge in [-0.1, -0.05) is 32.8 Å². The molecule has 0 aromatic rings. The van der Waals surface area contributed by atoms with Crippen molar-refractivity contribution in [2.75, 3.05) is 6.54 Å². The van der Waals surface area contributed by atoms with E-state index in [4.69, 9.17) is 5.73 Å². The molecule has 0 amide bonds. The third-order valence-electron chi connectivity index (χ3n) is 4.09. The number of amidine groups is 1. The van der Waals surface area contributed by atoms with Crippen LogP contribution in [0.15, 0.2) is 52.8 Å². The van der Waals surface area contributed by atoms with E-state index in [2.05, 4.69) is 23.8 Å². The molecule has 0 aromatic heterocycles. The van der Waals surface area contributed by atoms with Crippen molar-refractivity contribution in [1.82, 2.24) is 10.2 Å². The fourth-order valence-corrected chi connectivity index (χ4v) is 2.65. The van der Waals surface area contributed by atoms with Crippen LogP contribution in [0.25, 0.3) is 0 Å². The fourth-order valence-electron chi connectivity index (χ4n) is 2.65. The SMILES string of the molecule is C=C1C=C(NCCCCCC)N=C2C(C(N)C(C)(F)F)=CC(F)=CN12. The number of fused-ring (bicyclic) bond motifs is 1. The third-order valence-corrected chi connectivity index (χ3v) is 4.09. The normalized spacial score (nSPS) is 18.8. The van der Waals surface area contributed by atoms with E-state index >= 15 is 0 Å². The van der Waals surface area contributed by atoms with Gasteiger partial charge >= 0.3 is 0 Å². The zero-order chi connectivity index (χ0) is 18.6. The Morgan fingerprint density at radius 2 is 2.04 bits per heavy atom. The molecule has 25 heavy (non-hydrogen) atoms. The van der Waals surface area contributed by atoms with Crippen molar-refractivity contribution < 1.29 is 13.2 Å². The molecule has 138 valence electrons. The predicted octanol–water partition coefficient (Wildman–Crippen LogP) is 3.96. The molecule has 7 heteroatoms. The zero-order valence-corrected chi connectivity index (χ0v) is 14.7. The van der Waals surface area contributed by atoms with Gasteiger partial charge in [-0.05, 0) is 12.5 Å². The van der Waals surface area contributed by atoms with Crippen LogP contribution in [-0.4, -0.2) is 29.2 Å². The third kappa shape index (κ3) is 4.75. The van der Waals surface area contributed by atoms with Crippen molar-refractivity contribution in [3.8, 4) is 0 Å². The maximum atomic E-state index is 13.9. The lowest BCUT2D eigenvalue weighted by Gasteiger charge is -2.34. The maximum Gasteiger partial charge on any atom is 0.264 e. The Balaban J connectivity index is 2.19. The standard InChI is InChI=1S/C18H25F3N4/c1-4-5-6-7-8-23-15-9-12(2)25-11-13(19)10-14(17(25)24-15)16(22)18(3,20)21/h9-11,16,23H,2,4-8,22H2,1,3H3. The summed E-state index contributed by atoms with van der Waals surface area (Å²) in [5.41, 5.74) is 6.04. The molecular formula is C18H25F3N4. The lowest BCUT2D eigenvalue weighted by Crippen LogP contribution is -2.46. The van der Waals surface area contributed by atoms with Crippen LogP contribution in [-0.2, 0) is 0 Å². The maximum absolute atomic E-state index is 13.9. The summed E-state index contributed by atoms with van der Waals surface area (Å²) in [7, 11) is 0. The van der Waals surface area contributed by atoms with Gasteiger partial charge in [0.15, 0.2) is 0 Å². The molecule has 0 aromatic carbocycles. The molecule has 1 atom stereocenters. The van der Waals surface area contributed by atoms with Gasteiger partial charge in [-0.3, -0.25) is 4.90 Å². The van der Waals surface area contributed by atoms with Gasteiger partial charge in [-0.2, -0.15) is 0 Å². The molecule has 2 heterocycles. The number of allylic oxidation sites excluding steroid dienone is 3. The van der Waals surface area contributed by atoms with Gasteiger partial charge in [0.25, 0.3) is 5.92 Å². The number of aliphatic imine (C=N–C) groups is 1. The van der Waals surface area contributed by atoms with Crippen molar-refractivity contribution in [2.45, 2.75) is 51.5 Å². The Hall–Kier alpha value is -2.02. The highest BCUT2D eigenvalue weighted by molar-refractivity contribution is 6.04. The van der Waals surface area contributed by atoms with Gasteiger partial charge in [-0.15, -0.1) is 0 Å². The number of nitrogens with one attached hydrogen (secondary N) is 1. The summed E-state index contributed by atoms with van der Waals surface area (Å²) in [6, 6.07) is -1.66. The summed E-state index contributed by atoms with van der Waals surface area (Å²) in [5.74, 6) is -3.17. The van der Waals surface area contributed by atoms with E-state index in [-0.39, 0.29) is 11.4 Å². The molecule has 0 saturated carbocycles. The zero-order valence-electron chi connectivity index (χ0n) is 14.7. The number of unbranched alkanes of at least 4 members (excludes halogenated alkanes) is 3. The molecule has 0 spiro atoms. The van der Waals surface area contributed by atoms with E-state index in [0.717, 1.165) is 38.3 Å². The first-order valence-corrected chi connectivity index (χ1v) is 8.49. The molecule has 2 aliphatic heterocycles. The minimum atomic E-state index is -3.20. The second kappa shape index (κ2) is 7.91. The van der Waals surface area contributed by atoms with Crippen LogP contribution in [0.5, 0.6) is 0 Å². The first-order chi connectivity index (χ1) is 11.7. The largest absolute Gasteiger partial charge is 0.370 e. The van der Waals surface area contributed by atoms with E-state index in [9.17, 15) is 13.2 Å². The van der Waals surface area contributed by atoms with Gasteiger partial charge < -0.3 is 11.1 Å². The molecule has 0 saturated heterocycles. The van der Waals surface area contributed by atoms with Gasteiger partial charge in [-0.25, -0.2) is 18.2 Å². The predicted molar refractivity (Wildman–Crippen MR) is 94.5 cm³/mol. The first-order valence-electron chi connectivity index (χ1n) is 8.49. The molecule has 3 N–H and O–H groups in total. The van der Waals surface area contributed by atoms with Crippen molar-refractivity contribution >= 4 is 5.84 Å². The summed E-state index contributed by atoms with van der Waals surface area (Å²) in [5, 5.41) is 3.17. The second-order valence-electron chi connectivity index (χ2n) is 6.36. The summed E-state index contributed by atoms with van der Waals surface area (Å²) in [6.45, 7) is 7.42. The average Bonchev–Trinajstić information content (AvgIpc) is 2.53. The Morgan fingerprint density at radius 3 is 2.68 bits per heavy atom. The summed E-state index contributed by atoms with van der Waals surface area (Å²) >= 11 is 0. The topological polar surface area (TPSA) is 53.6 Å². The van der Waals surface area contributed by atoms with E-state index in [1.54, 1.807) is 6.08 Å². The average molecular weight is 354 g/mol. The van der Waals surface area contributed by atoms with E-state index in [1.165, 1.54) is 11.1 Å². The number of hydrogen-bond acceptors (Lipinski definition) is 4. The summed E-state index contributed by atoms with van der Waals surface area (Å²) < 4.78 is 41.2. The smallest absolute Gasteiger partial charge is 0.264 e. The molecule has 1 unspecified atom stereocenters. The Labute approximate surface area is 146 Å². The van der Waals surface area contributed by atoms with Crippen molar-refractivity contribution in [3.05, 3.63) is 47.8 Å². The van der Waals surface area contributed by atoms with Crippen LogP contribution >= 0.6 is 0 Å². The number of alkyl halides is 2. The number of nitrogens with zero attached hydrogens (tertiary/aromatic N) is 2. The Kier molecular flexibility index (Phi) is 6.11. The number of hydrogen-bond donors (Lipinski definition) is 2. The molecule has 0 bridgehead atoms. The highest BCUT2D eigenvalue weighted by Gasteiger charge is 2.39. The lowest BCUT2D eigenvalue weighted by atomic mass is 9.97. The quantitative estimate of drug-likeness (QED) is 0.649. The van der Waals surface area contributed by atoms with Gasteiger partial charge in [0.2, 0.25) is 0 Å². The van der Waals surface area contributed by atoms with Gasteiger partial charge in [0.1, 0.15) is 17.5 Å². The minimum absolute atomic E-state index is 0.0490. The lowest BCUT2D eigenvalue weighted by molar-refractivity contribution is 0.00707. The van der Waals surface area contributed by atoms with Crippen LogP contribution in [0.1, 0.15) is 39.5 Å². The highest BCUT2D eigenvalue weighted by Crippen LogP contribution is 2.31. The highest BCUT2D eigenvalue weighted by atomic mass is 19.3. The van der Waals surface area contributed by atoms with Crippen molar-refractivity contribution in [2.24, 2.45) is 10.7 Å². The van der Waals surface area contributed by atoms with Crippen LogP contribution in [0.4, 0.5) is 13.2 Å². The number of rotatable bonds is 8. The van der Waals surface area contributed by atoms with E-state index < -0.39 is 17.8 Å². The molecular weight excluding hydrogens is 329 g/mol. The fraction of sp³-hybridized carbons (Fsp3) is 0.500. The Morgan fingerprint density at radius 1 is 1.32 bits per heavy atom. The minimum Gasteiger partial charge on any atom is -0.370 e. The second-order valence-corrected chi connectivity index (χ2v) is 6.36. The Bertz CT molecular complexity index is 641. The number of nitrogens with two attached hydrogens (primary N) is 1. The van der Waals surface area contributed by atoms with E-state index in [1.807, 2.05) is 0 Å². The van der Waals surface area contributed by atoms with E-state index in [0.29, 0.717) is 18.4 Å². The summed E-state index contributed by atoms with van der Waals surface area (Å²) in [6.07, 6.45) is 8.22. The monoisotopic (exact) mass is 354 g/mol. The molecule has 2 rings (SSSR count).